The highest BCUT2D eigenvalue weighted by atomic mass is 32.1. The van der Waals surface area contributed by atoms with Crippen LogP contribution in [0.1, 0.15) is 49.2 Å². The fraction of sp³-hybridized carbons (Fsp3) is 0.812. The van der Waals surface area contributed by atoms with Crippen LogP contribution < -0.4 is 10.2 Å². The molecular weight excluding hydrogens is 280 g/mol. The molecule has 4 nitrogen and oxygen atoms in total. The van der Waals surface area contributed by atoms with Crippen molar-refractivity contribution >= 4 is 16.5 Å². The standard InChI is InChI=1S/C16H26N4S/c1-2-17-13-4-3-5-14-15(13)18-16(21-14)20-10-8-19(9-11-20)12-6-7-12/h12-13,17H,2-11H2,1H3. The fourth-order valence-corrected chi connectivity index (χ4v) is 4.92. The van der Waals surface area contributed by atoms with E-state index in [0.717, 1.165) is 25.7 Å². The monoisotopic (exact) mass is 306 g/mol. The first-order valence-electron chi connectivity index (χ1n) is 8.57. The number of thiazole rings is 1. The average Bonchev–Trinajstić information content (AvgIpc) is 3.27. The Morgan fingerprint density at radius 2 is 2.00 bits per heavy atom. The van der Waals surface area contributed by atoms with E-state index in [9.17, 15) is 0 Å². The molecule has 116 valence electrons. The van der Waals surface area contributed by atoms with Gasteiger partial charge in [0.05, 0.1) is 11.7 Å². The molecule has 1 N–H and O–H groups in total. The third-order valence-electron chi connectivity index (χ3n) is 5.04. The van der Waals surface area contributed by atoms with Gasteiger partial charge in [0.1, 0.15) is 0 Å². The zero-order valence-corrected chi connectivity index (χ0v) is 13.8. The van der Waals surface area contributed by atoms with Gasteiger partial charge in [-0.15, -0.1) is 11.3 Å². The van der Waals surface area contributed by atoms with Gasteiger partial charge in [0.25, 0.3) is 0 Å². The van der Waals surface area contributed by atoms with Gasteiger partial charge in [0, 0.05) is 37.1 Å². The third-order valence-corrected chi connectivity index (χ3v) is 6.23. The lowest BCUT2D eigenvalue weighted by Crippen LogP contribution is -2.47. The summed E-state index contributed by atoms with van der Waals surface area (Å²) in [4.78, 5) is 11.7. The molecule has 0 radical (unpaired) electrons. The molecule has 0 aromatic carbocycles. The Morgan fingerprint density at radius 3 is 2.71 bits per heavy atom. The Morgan fingerprint density at radius 1 is 1.19 bits per heavy atom. The molecule has 1 aliphatic heterocycles. The van der Waals surface area contributed by atoms with Crippen LogP contribution in [0.4, 0.5) is 5.13 Å². The molecule has 1 saturated carbocycles. The minimum atomic E-state index is 0.497. The molecule has 1 saturated heterocycles. The number of nitrogens with zero attached hydrogens (tertiary/aromatic N) is 3. The van der Waals surface area contributed by atoms with E-state index in [1.165, 1.54) is 60.9 Å². The quantitative estimate of drug-likeness (QED) is 0.926. The highest BCUT2D eigenvalue weighted by molar-refractivity contribution is 7.15. The van der Waals surface area contributed by atoms with Crippen molar-refractivity contribution < 1.29 is 0 Å². The van der Waals surface area contributed by atoms with Crippen LogP contribution in [-0.4, -0.2) is 48.6 Å². The van der Waals surface area contributed by atoms with Crippen molar-refractivity contribution in [2.75, 3.05) is 37.6 Å². The molecule has 1 aromatic rings. The molecule has 4 rings (SSSR count). The Hall–Kier alpha value is -0.650. The minimum Gasteiger partial charge on any atom is -0.346 e. The molecule has 2 aliphatic carbocycles. The molecule has 5 heteroatoms. The summed E-state index contributed by atoms with van der Waals surface area (Å²) in [7, 11) is 0. The number of piperazine rings is 1. The number of hydrogen-bond acceptors (Lipinski definition) is 5. The van der Waals surface area contributed by atoms with E-state index in [1.807, 2.05) is 11.3 Å². The van der Waals surface area contributed by atoms with Crippen molar-refractivity contribution in [3.8, 4) is 0 Å². The second-order valence-electron chi connectivity index (χ2n) is 6.56. The van der Waals surface area contributed by atoms with E-state index in [2.05, 4.69) is 22.0 Å². The number of aryl methyl sites for hydroxylation is 1. The van der Waals surface area contributed by atoms with Crippen LogP contribution >= 0.6 is 11.3 Å². The lowest BCUT2D eigenvalue weighted by Gasteiger charge is -2.34. The van der Waals surface area contributed by atoms with E-state index in [4.69, 9.17) is 4.98 Å². The fourth-order valence-electron chi connectivity index (χ4n) is 3.70. The number of aromatic nitrogens is 1. The SMILES string of the molecule is CCNC1CCCc2sc(N3CCN(C4CC4)CC3)nc21. The third kappa shape index (κ3) is 2.83. The van der Waals surface area contributed by atoms with Gasteiger partial charge >= 0.3 is 0 Å². The largest absolute Gasteiger partial charge is 0.346 e. The van der Waals surface area contributed by atoms with Gasteiger partial charge < -0.3 is 10.2 Å². The van der Waals surface area contributed by atoms with Crippen molar-refractivity contribution in [2.45, 2.75) is 51.1 Å². The van der Waals surface area contributed by atoms with Gasteiger partial charge in [-0.3, -0.25) is 4.90 Å². The first-order valence-corrected chi connectivity index (χ1v) is 9.38. The van der Waals surface area contributed by atoms with Crippen LogP contribution in [0.2, 0.25) is 0 Å². The zero-order chi connectivity index (χ0) is 14.2. The van der Waals surface area contributed by atoms with Crippen LogP contribution in [0.25, 0.3) is 0 Å². The predicted molar refractivity (Wildman–Crippen MR) is 88.3 cm³/mol. The van der Waals surface area contributed by atoms with Crippen LogP contribution in [0.15, 0.2) is 0 Å². The Kier molecular flexibility index (Phi) is 3.90. The first-order chi connectivity index (χ1) is 10.3. The van der Waals surface area contributed by atoms with E-state index >= 15 is 0 Å². The molecule has 0 amide bonds. The van der Waals surface area contributed by atoms with Gasteiger partial charge in [-0.25, -0.2) is 4.98 Å². The summed E-state index contributed by atoms with van der Waals surface area (Å²) < 4.78 is 0. The Balaban J connectivity index is 1.46. The predicted octanol–water partition coefficient (Wildman–Crippen LogP) is 2.41. The topological polar surface area (TPSA) is 31.4 Å². The van der Waals surface area contributed by atoms with Gasteiger partial charge in [0.2, 0.25) is 0 Å². The molecule has 1 unspecified atom stereocenters. The Bertz CT molecular complexity index is 488. The average molecular weight is 306 g/mol. The number of anilines is 1. The summed E-state index contributed by atoms with van der Waals surface area (Å²) in [6, 6.07) is 1.41. The van der Waals surface area contributed by atoms with Gasteiger partial charge in [-0.2, -0.15) is 0 Å². The molecule has 1 atom stereocenters. The maximum atomic E-state index is 5.02. The normalized spacial score (nSPS) is 26.9. The van der Waals surface area contributed by atoms with E-state index < -0.39 is 0 Å². The zero-order valence-electron chi connectivity index (χ0n) is 13.0. The summed E-state index contributed by atoms with van der Waals surface area (Å²) in [6.45, 7) is 8.01. The van der Waals surface area contributed by atoms with Crippen molar-refractivity contribution in [2.24, 2.45) is 0 Å². The lowest BCUT2D eigenvalue weighted by molar-refractivity contribution is 0.248. The summed E-state index contributed by atoms with van der Waals surface area (Å²) in [5.41, 5.74) is 1.35. The highest BCUT2D eigenvalue weighted by Crippen LogP contribution is 2.37. The molecule has 1 aromatic heterocycles. The number of hydrogen-bond donors (Lipinski definition) is 1. The van der Waals surface area contributed by atoms with Crippen molar-refractivity contribution in [1.29, 1.82) is 0 Å². The summed E-state index contributed by atoms with van der Waals surface area (Å²) in [5, 5.41) is 4.88. The van der Waals surface area contributed by atoms with Gasteiger partial charge in [0.15, 0.2) is 5.13 Å². The van der Waals surface area contributed by atoms with Crippen molar-refractivity contribution in [3.05, 3.63) is 10.6 Å². The maximum Gasteiger partial charge on any atom is 0.185 e. The second kappa shape index (κ2) is 5.86. The molecule has 0 bridgehead atoms. The van der Waals surface area contributed by atoms with Crippen LogP contribution in [0.5, 0.6) is 0 Å². The number of nitrogens with one attached hydrogen (secondary N) is 1. The molecule has 3 aliphatic rings. The highest BCUT2D eigenvalue weighted by Gasteiger charge is 2.32. The van der Waals surface area contributed by atoms with Crippen LogP contribution in [-0.2, 0) is 6.42 Å². The maximum absolute atomic E-state index is 5.02. The van der Waals surface area contributed by atoms with Crippen LogP contribution in [0.3, 0.4) is 0 Å². The molecule has 2 fully saturated rings. The van der Waals surface area contributed by atoms with Crippen molar-refractivity contribution in [3.63, 3.8) is 0 Å². The smallest absolute Gasteiger partial charge is 0.185 e. The lowest BCUT2D eigenvalue weighted by atomic mass is 9.98. The first kappa shape index (κ1) is 14.0. The summed E-state index contributed by atoms with van der Waals surface area (Å²) >= 11 is 1.95. The minimum absolute atomic E-state index is 0.497. The Labute approximate surface area is 131 Å². The molecule has 0 spiro atoms. The van der Waals surface area contributed by atoms with E-state index in [1.54, 1.807) is 0 Å². The van der Waals surface area contributed by atoms with Crippen molar-refractivity contribution in [1.82, 2.24) is 15.2 Å². The number of fused-ring (bicyclic) bond motifs is 1. The van der Waals surface area contributed by atoms with Gasteiger partial charge in [-0.1, -0.05) is 6.92 Å². The molecule has 21 heavy (non-hydrogen) atoms. The van der Waals surface area contributed by atoms with Crippen LogP contribution in [0, 0.1) is 0 Å². The van der Waals surface area contributed by atoms with Gasteiger partial charge in [-0.05, 0) is 38.6 Å². The summed E-state index contributed by atoms with van der Waals surface area (Å²) in [6.07, 6.45) is 6.64. The number of rotatable bonds is 4. The second-order valence-corrected chi connectivity index (χ2v) is 7.62. The van der Waals surface area contributed by atoms with E-state index in [-0.39, 0.29) is 0 Å². The summed E-state index contributed by atoms with van der Waals surface area (Å²) in [5.74, 6) is 0. The molecule has 2 heterocycles. The molecular formula is C16H26N4S. The van der Waals surface area contributed by atoms with E-state index in [0.29, 0.717) is 6.04 Å².